The first kappa shape index (κ1) is 23.0. The first-order valence-corrected chi connectivity index (χ1v) is 7.24. The number of aliphatic carboxylic acids is 1. The zero-order valence-electron chi connectivity index (χ0n) is 14.9. The minimum absolute atomic E-state index is 0.829. The Morgan fingerprint density at radius 2 is 1.35 bits per heavy atom. The quantitative estimate of drug-likeness (QED) is 0.404. The monoisotopic (exact) mass is 376 g/mol. The number of ketones is 1. The predicted molar refractivity (Wildman–Crippen MR) is 80.6 cm³/mol. The summed E-state index contributed by atoms with van der Waals surface area (Å²) in [6, 6.07) is 0. The fourth-order valence-electron chi connectivity index (χ4n) is 1.89. The number of Topliss-reactive ketones (excluding diaryl/α,β-unsaturated/α-hetero) is 1. The average Bonchev–Trinajstić information content (AvgIpc) is 2.46. The molecule has 0 unspecified atom stereocenters. The molecule has 0 spiro atoms. The summed E-state index contributed by atoms with van der Waals surface area (Å²) in [5.41, 5.74) is -2.57. The van der Waals surface area contributed by atoms with E-state index in [2.05, 4.69) is 4.74 Å². The molecule has 0 rings (SSSR count). The van der Waals surface area contributed by atoms with Gasteiger partial charge in [0.25, 0.3) is 0 Å². The molecule has 0 radical (unpaired) electrons. The summed E-state index contributed by atoms with van der Waals surface area (Å²) in [6.07, 6.45) is -4.04. The van der Waals surface area contributed by atoms with Crippen molar-refractivity contribution >= 4 is 35.6 Å². The van der Waals surface area contributed by atoms with Crippen molar-refractivity contribution in [2.75, 3.05) is 6.61 Å². The number of hydrogen-bond acceptors (Lipinski definition) is 10. The Labute approximate surface area is 148 Å². The maximum atomic E-state index is 12.3. The van der Waals surface area contributed by atoms with E-state index in [9.17, 15) is 33.9 Å². The Morgan fingerprint density at radius 3 is 1.69 bits per heavy atom. The molecule has 0 amide bonds. The number of carbonyl (C=O) groups excluding carboxylic acids is 5. The van der Waals surface area contributed by atoms with Crippen LogP contribution in [-0.2, 0) is 47.7 Å². The number of carbonyl (C=O) groups is 6. The van der Waals surface area contributed by atoms with Crippen LogP contribution in [-0.4, -0.2) is 65.2 Å². The summed E-state index contributed by atoms with van der Waals surface area (Å²) >= 11 is 0. The van der Waals surface area contributed by atoms with Gasteiger partial charge in [-0.25, -0.2) is 4.79 Å². The molecule has 0 aliphatic heterocycles. The zero-order chi connectivity index (χ0) is 20.7. The van der Waals surface area contributed by atoms with Crippen molar-refractivity contribution in [1.29, 1.82) is 0 Å². The van der Waals surface area contributed by atoms with Crippen LogP contribution >= 0.6 is 0 Å². The van der Waals surface area contributed by atoms with Gasteiger partial charge in [0.05, 0.1) is 0 Å². The van der Waals surface area contributed by atoms with Gasteiger partial charge in [0.15, 0.2) is 12.7 Å². The minimum atomic E-state index is -2.57. The highest BCUT2D eigenvalue weighted by molar-refractivity contribution is 5.91. The lowest BCUT2D eigenvalue weighted by Gasteiger charge is -2.35. The Morgan fingerprint density at radius 1 is 0.846 bits per heavy atom. The van der Waals surface area contributed by atoms with Gasteiger partial charge in [-0.3, -0.25) is 24.0 Å². The number of ether oxygens (including phenoxy) is 4. The van der Waals surface area contributed by atoms with E-state index in [1.807, 2.05) is 0 Å². The van der Waals surface area contributed by atoms with E-state index in [1.54, 1.807) is 0 Å². The summed E-state index contributed by atoms with van der Waals surface area (Å²) in [5, 5.41) is 9.44. The fourth-order valence-corrected chi connectivity index (χ4v) is 1.89. The van der Waals surface area contributed by atoms with Gasteiger partial charge in [-0.2, -0.15) is 0 Å². The Bertz CT molecular complexity index is 609. The molecule has 0 heterocycles. The molecule has 3 atom stereocenters. The summed E-state index contributed by atoms with van der Waals surface area (Å²) in [4.78, 5) is 68.8. The number of carboxylic acid groups (broad SMARTS) is 1. The molecule has 11 heteroatoms. The molecule has 0 aromatic carbocycles. The van der Waals surface area contributed by atoms with Crippen molar-refractivity contribution in [2.24, 2.45) is 0 Å². The van der Waals surface area contributed by atoms with Crippen molar-refractivity contribution in [3.63, 3.8) is 0 Å². The van der Waals surface area contributed by atoms with Crippen molar-refractivity contribution in [2.45, 2.75) is 52.4 Å². The molecular weight excluding hydrogens is 356 g/mol. The van der Waals surface area contributed by atoms with Crippen LogP contribution in [0.4, 0.5) is 0 Å². The van der Waals surface area contributed by atoms with Crippen molar-refractivity contribution in [1.82, 2.24) is 0 Å². The highest BCUT2D eigenvalue weighted by Gasteiger charge is 2.54. The Kier molecular flexibility index (Phi) is 8.40. The summed E-state index contributed by atoms with van der Waals surface area (Å²) in [6.45, 7) is 3.71. The molecule has 0 aromatic rings. The number of hydrogen-bond donors (Lipinski definition) is 1. The Hall–Kier alpha value is -2.98. The lowest BCUT2D eigenvalue weighted by atomic mass is 9.91. The van der Waals surface area contributed by atoms with E-state index in [-0.39, 0.29) is 0 Å². The lowest BCUT2D eigenvalue weighted by molar-refractivity contribution is -0.210. The van der Waals surface area contributed by atoms with Crippen LogP contribution in [0, 0.1) is 0 Å². The van der Waals surface area contributed by atoms with Crippen molar-refractivity contribution < 1.29 is 52.8 Å². The van der Waals surface area contributed by atoms with Gasteiger partial charge in [0, 0.05) is 27.7 Å². The van der Waals surface area contributed by atoms with E-state index in [1.165, 1.54) is 0 Å². The van der Waals surface area contributed by atoms with Gasteiger partial charge in [-0.1, -0.05) is 0 Å². The van der Waals surface area contributed by atoms with Crippen LogP contribution in [0.15, 0.2) is 0 Å². The van der Waals surface area contributed by atoms with Gasteiger partial charge >= 0.3 is 29.8 Å². The molecule has 146 valence electrons. The summed E-state index contributed by atoms with van der Waals surface area (Å²) < 4.78 is 18.8. The number of carboxylic acids is 1. The second-order valence-corrected chi connectivity index (χ2v) is 5.31. The summed E-state index contributed by atoms with van der Waals surface area (Å²) in [5.74, 6) is -6.78. The van der Waals surface area contributed by atoms with Crippen LogP contribution in [0.3, 0.4) is 0 Å². The topological polar surface area (TPSA) is 160 Å². The standard InChI is InChI=1S/C15H20O11/c1-7(16)23-6-11(20)12(24-8(2)17)13(25-9(3)18)15(5,14(21)22)26-10(4)19/h12-13H,6H2,1-5H3,(H,21,22)/t12-,13-,15+/m0/s1. The number of rotatable bonds is 9. The number of esters is 4. The van der Waals surface area contributed by atoms with Crippen LogP contribution in [0.25, 0.3) is 0 Å². The zero-order valence-corrected chi connectivity index (χ0v) is 14.9. The molecule has 1 N–H and O–H groups in total. The molecule has 0 bridgehead atoms. The summed E-state index contributed by atoms with van der Waals surface area (Å²) in [7, 11) is 0. The van der Waals surface area contributed by atoms with Gasteiger partial charge < -0.3 is 24.1 Å². The minimum Gasteiger partial charge on any atom is -0.478 e. The van der Waals surface area contributed by atoms with Gasteiger partial charge in [-0.15, -0.1) is 0 Å². The van der Waals surface area contributed by atoms with Gasteiger partial charge in [0.2, 0.25) is 17.5 Å². The fraction of sp³-hybridized carbons (Fsp3) is 0.600. The largest absolute Gasteiger partial charge is 0.478 e. The maximum absolute atomic E-state index is 12.3. The molecule has 0 aliphatic carbocycles. The average molecular weight is 376 g/mol. The first-order chi connectivity index (χ1) is 11.8. The Balaban J connectivity index is 6.09. The third kappa shape index (κ3) is 6.87. The third-order valence-electron chi connectivity index (χ3n) is 2.92. The second kappa shape index (κ2) is 9.49. The highest BCUT2D eigenvalue weighted by atomic mass is 16.6. The normalized spacial score (nSPS) is 14.8. The van der Waals surface area contributed by atoms with E-state index in [0.29, 0.717) is 0 Å². The molecular formula is C15H20O11. The lowest BCUT2D eigenvalue weighted by Crippen LogP contribution is -2.60. The van der Waals surface area contributed by atoms with E-state index < -0.39 is 60.0 Å². The van der Waals surface area contributed by atoms with E-state index in [4.69, 9.17) is 14.2 Å². The molecule has 11 nitrogen and oxygen atoms in total. The van der Waals surface area contributed by atoms with Crippen LogP contribution in [0.1, 0.15) is 34.6 Å². The second-order valence-electron chi connectivity index (χ2n) is 5.31. The van der Waals surface area contributed by atoms with Crippen molar-refractivity contribution in [3.05, 3.63) is 0 Å². The van der Waals surface area contributed by atoms with Gasteiger partial charge in [-0.05, 0) is 6.92 Å². The molecule has 0 fully saturated rings. The van der Waals surface area contributed by atoms with Crippen LogP contribution in [0.2, 0.25) is 0 Å². The van der Waals surface area contributed by atoms with Crippen molar-refractivity contribution in [3.8, 4) is 0 Å². The van der Waals surface area contributed by atoms with Crippen LogP contribution < -0.4 is 0 Å². The van der Waals surface area contributed by atoms with E-state index in [0.717, 1.165) is 34.6 Å². The first-order valence-electron chi connectivity index (χ1n) is 7.24. The molecule has 0 saturated carbocycles. The SMILES string of the molecule is CC(=O)OCC(=O)[C@H](OC(C)=O)[C@H](OC(C)=O)[C@@](C)(OC(C)=O)C(=O)O. The maximum Gasteiger partial charge on any atom is 0.352 e. The van der Waals surface area contributed by atoms with Crippen LogP contribution in [0.5, 0.6) is 0 Å². The highest BCUT2D eigenvalue weighted by Crippen LogP contribution is 2.26. The molecule has 26 heavy (non-hydrogen) atoms. The third-order valence-corrected chi connectivity index (χ3v) is 2.92. The molecule has 0 saturated heterocycles. The predicted octanol–water partition coefficient (Wildman–Crippen LogP) is -0.612. The van der Waals surface area contributed by atoms with Gasteiger partial charge in [0.1, 0.15) is 0 Å². The molecule has 0 aromatic heterocycles. The molecule has 0 aliphatic rings. The smallest absolute Gasteiger partial charge is 0.352 e. The van der Waals surface area contributed by atoms with E-state index >= 15 is 0 Å².